The van der Waals surface area contributed by atoms with Crippen LogP contribution in [0.4, 0.5) is 4.79 Å². The Morgan fingerprint density at radius 2 is 2.00 bits per heavy atom. The number of furan rings is 1. The summed E-state index contributed by atoms with van der Waals surface area (Å²) < 4.78 is 5.47. The summed E-state index contributed by atoms with van der Waals surface area (Å²) in [6.45, 7) is 3.55. The number of benzene rings is 1. The van der Waals surface area contributed by atoms with Crippen molar-refractivity contribution in [2.24, 2.45) is 5.92 Å². The van der Waals surface area contributed by atoms with Gasteiger partial charge in [0, 0.05) is 6.04 Å². The van der Waals surface area contributed by atoms with Gasteiger partial charge in [-0.2, -0.15) is 0 Å². The summed E-state index contributed by atoms with van der Waals surface area (Å²) in [4.78, 5) is 12.3. The largest absolute Gasteiger partial charge is 0.463 e. The minimum absolute atomic E-state index is 0.0918. The normalized spacial score (nSPS) is 17.6. The highest BCUT2D eigenvalue weighted by atomic mass is 16.4. The van der Waals surface area contributed by atoms with Gasteiger partial charge in [-0.15, -0.1) is 0 Å². The van der Waals surface area contributed by atoms with E-state index in [4.69, 9.17) is 4.42 Å². The molecule has 2 amide bonds. The molecule has 0 spiro atoms. The van der Waals surface area contributed by atoms with E-state index in [9.17, 15) is 9.90 Å². The molecule has 25 heavy (non-hydrogen) atoms. The molecule has 1 aromatic carbocycles. The number of nitrogens with one attached hydrogen (secondary N) is 2. The van der Waals surface area contributed by atoms with E-state index in [2.05, 4.69) is 22.8 Å². The van der Waals surface area contributed by atoms with E-state index in [1.165, 1.54) is 5.56 Å². The van der Waals surface area contributed by atoms with Crippen molar-refractivity contribution >= 4 is 6.03 Å². The summed E-state index contributed by atoms with van der Waals surface area (Å²) in [7, 11) is 0. The van der Waals surface area contributed by atoms with Crippen molar-refractivity contribution in [3.63, 3.8) is 0 Å². The smallest absolute Gasteiger partial charge is 0.315 e. The molecule has 134 valence electrons. The Kier molecular flexibility index (Phi) is 5.13. The maximum Gasteiger partial charge on any atom is 0.315 e. The van der Waals surface area contributed by atoms with Crippen molar-refractivity contribution in [3.05, 3.63) is 59.5 Å². The van der Waals surface area contributed by atoms with Gasteiger partial charge in [0.05, 0.1) is 6.54 Å². The lowest BCUT2D eigenvalue weighted by Crippen LogP contribution is -2.48. The van der Waals surface area contributed by atoms with Gasteiger partial charge >= 0.3 is 6.03 Å². The van der Waals surface area contributed by atoms with Crippen molar-refractivity contribution in [2.45, 2.75) is 44.8 Å². The highest BCUT2D eigenvalue weighted by molar-refractivity contribution is 5.74. The molecule has 1 saturated carbocycles. The van der Waals surface area contributed by atoms with Crippen LogP contribution in [0.5, 0.6) is 0 Å². The molecule has 5 nitrogen and oxygen atoms in total. The molecule has 1 heterocycles. The van der Waals surface area contributed by atoms with E-state index in [0.717, 1.165) is 25.0 Å². The Hall–Kier alpha value is -2.27. The van der Waals surface area contributed by atoms with Crippen LogP contribution >= 0.6 is 0 Å². The predicted octanol–water partition coefficient (Wildman–Crippen LogP) is 3.12. The summed E-state index contributed by atoms with van der Waals surface area (Å²) >= 11 is 0. The van der Waals surface area contributed by atoms with Crippen LogP contribution in [0.25, 0.3) is 0 Å². The van der Waals surface area contributed by atoms with Crippen LogP contribution in [0.15, 0.2) is 46.9 Å². The summed E-state index contributed by atoms with van der Waals surface area (Å²) in [6, 6.07) is 13.6. The maximum absolute atomic E-state index is 12.3. The Bertz CT molecular complexity index is 705. The van der Waals surface area contributed by atoms with E-state index in [1.807, 2.05) is 25.1 Å². The number of carbonyl (C=O) groups excluding carboxylic acids is 1. The Morgan fingerprint density at radius 3 is 2.60 bits per heavy atom. The van der Waals surface area contributed by atoms with Crippen LogP contribution in [0, 0.1) is 12.8 Å². The van der Waals surface area contributed by atoms with Gasteiger partial charge in [0.1, 0.15) is 17.1 Å². The number of amides is 2. The second kappa shape index (κ2) is 7.31. The second-order valence-electron chi connectivity index (χ2n) is 7.14. The average Bonchev–Trinajstić information content (AvgIpc) is 3.34. The summed E-state index contributed by atoms with van der Waals surface area (Å²) in [5.74, 6) is 1.73. The molecular weight excluding hydrogens is 316 g/mol. The molecule has 0 aliphatic heterocycles. The number of rotatable bonds is 7. The Morgan fingerprint density at radius 1 is 1.28 bits per heavy atom. The van der Waals surface area contributed by atoms with Gasteiger partial charge in [-0.05, 0) is 56.7 Å². The van der Waals surface area contributed by atoms with Gasteiger partial charge in [0.2, 0.25) is 0 Å². The van der Waals surface area contributed by atoms with Gasteiger partial charge < -0.3 is 20.2 Å². The zero-order valence-electron chi connectivity index (χ0n) is 14.8. The molecule has 1 aromatic heterocycles. The van der Waals surface area contributed by atoms with Crippen molar-refractivity contribution in [1.82, 2.24) is 10.6 Å². The van der Waals surface area contributed by atoms with E-state index >= 15 is 0 Å². The lowest BCUT2D eigenvalue weighted by molar-refractivity contribution is 0.0358. The van der Waals surface area contributed by atoms with E-state index < -0.39 is 5.60 Å². The van der Waals surface area contributed by atoms with E-state index in [1.54, 1.807) is 19.1 Å². The lowest BCUT2D eigenvalue weighted by atomic mass is 10.0. The van der Waals surface area contributed by atoms with E-state index in [0.29, 0.717) is 11.7 Å². The minimum Gasteiger partial charge on any atom is -0.463 e. The Balaban J connectivity index is 1.53. The number of carbonyl (C=O) groups is 1. The molecule has 3 N–H and O–H groups in total. The first kappa shape index (κ1) is 17.5. The van der Waals surface area contributed by atoms with Crippen LogP contribution in [-0.2, 0) is 12.0 Å². The van der Waals surface area contributed by atoms with Gasteiger partial charge in [-0.25, -0.2) is 4.79 Å². The molecule has 3 rings (SSSR count). The van der Waals surface area contributed by atoms with E-state index in [-0.39, 0.29) is 18.6 Å². The SMILES string of the molecule is Cc1ccc(C(C)(O)CNC(=O)NC(Cc2ccccc2)C2CC2)o1. The average molecular weight is 342 g/mol. The zero-order chi connectivity index (χ0) is 17.9. The first-order valence-electron chi connectivity index (χ1n) is 8.81. The number of aliphatic hydroxyl groups is 1. The molecule has 2 aromatic rings. The van der Waals surface area contributed by atoms with Crippen LogP contribution in [0.3, 0.4) is 0 Å². The third-order valence-electron chi connectivity index (χ3n) is 4.67. The molecule has 2 unspecified atom stereocenters. The van der Waals surface area contributed by atoms with Crippen molar-refractivity contribution in [1.29, 1.82) is 0 Å². The zero-order valence-corrected chi connectivity index (χ0v) is 14.8. The first-order chi connectivity index (χ1) is 11.9. The van der Waals surface area contributed by atoms with Crippen LogP contribution in [-0.4, -0.2) is 23.7 Å². The fraction of sp³-hybridized carbons (Fsp3) is 0.450. The summed E-state index contributed by atoms with van der Waals surface area (Å²) in [5.41, 5.74) is -0.0159. The number of aryl methyl sites for hydroxylation is 1. The summed E-state index contributed by atoms with van der Waals surface area (Å²) in [5, 5.41) is 16.3. The third kappa shape index (κ3) is 4.86. The highest BCUT2D eigenvalue weighted by Gasteiger charge is 2.33. The Labute approximate surface area is 148 Å². The number of urea groups is 1. The van der Waals surface area contributed by atoms with Crippen LogP contribution in [0.1, 0.15) is 36.8 Å². The van der Waals surface area contributed by atoms with Gasteiger partial charge in [-0.1, -0.05) is 30.3 Å². The first-order valence-corrected chi connectivity index (χ1v) is 8.81. The van der Waals surface area contributed by atoms with Gasteiger partial charge in [-0.3, -0.25) is 0 Å². The molecule has 2 atom stereocenters. The standard InChI is InChI=1S/C20H26N2O3/c1-14-8-11-18(25-14)20(2,24)13-21-19(23)22-17(16-9-10-16)12-15-6-4-3-5-7-15/h3-8,11,16-17,24H,9-10,12-13H2,1-2H3,(H2,21,22,23). The topological polar surface area (TPSA) is 74.5 Å². The fourth-order valence-corrected chi connectivity index (χ4v) is 2.99. The van der Waals surface area contributed by atoms with Gasteiger partial charge in [0.15, 0.2) is 0 Å². The fourth-order valence-electron chi connectivity index (χ4n) is 2.99. The maximum atomic E-state index is 12.3. The highest BCUT2D eigenvalue weighted by Crippen LogP contribution is 2.34. The van der Waals surface area contributed by atoms with Crippen molar-refractivity contribution < 1.29 is 14.3 Å². The van der Waals surface area contributed by atoms with Crippen LogP contribution in [0.2, 0.25) is 0 Å². The molecule has 1 fully saturated rings. The predicted molar refractivity (Wildman–Crippen MR) is 96.2 cm³/mol. The quantitative estimate of drug-likeness (QED) is 0.724. The molecule has 5 heteroatoms. The lowest BCUT2D eigenvalue weighted by Gasteiger charge is -2.23. The third-order valence-corrected chi connectivity index (χ3v) is 4.67. The molecular formula is C20H26N2O3. The monoisotopic (exact) mass is 342 g/mol. The molecule has 0 bridgehead atoms. The molecule has 1 aliphatic carbocycles. The van der Waals surface area contributed by atoms with Crippen molar-refractivity contribution in [2.75, 3.05) is 6.54 Å². The molecule has 0 radical (unpaired) electrons. The molecule has 0 saturated heterocycles. The van der Waals surface area contributed by atoms with Gasteiger partial charge in [0.25, 0.3) is 0 Å². The summed E-state index contributed by atoms with van der Waals surface area (Å²) in [6.07, 6.45) is 3.13. The number of hydrogen-bond donors (Lipinski definition) is 3. The minimum atomic E-state index is -1.24. The van der Waals surface area contributed by atoms with Crippen molar-refractivity contribution in [3.8, 4) is 0 Å². The second-order valence-corrected chi connectivity index (χ2v) is 7.14. The number of hydrogen-bond acceptors (Lipinski definition) is 3. The van der Waals surface area contributed by atoms with Crippen LogP contribution < -0.4 is 10.6 Å². The molecule has 1 aliphatic rings.